The van der Waals surface area contributed by atoms with E-state index in [0.717, 1.165) is 61.2 Å². The van der Waals surface area contributed by atoms with E-state index >= 15 is 0 Å². The summed E-state index contributed by atoms with van der Waals surface area (Å²) in [6, 6.07) is 0. The number of carbonyl (C=O) groups excluding carboxylic acids is 1. The fraction of sp³-hybridized carbons (Fsp3) is 0.650. The highest BCUT2D eigenvalue weighted by molar-refractivity contribution is 7.18. The minimum Gasteiger partial charge on any atom is -0.466 e. The van der Waals surface area contributed by atoms with Crippen LogP contribution in [0.5, 0.6) is 0 Å². The van der Waals surface area contributed by atoms with Gasteiger partial charge >= 0.3 is 5.97 Å². The molecule has 1 aliphatic heterocycles. The number of hydrogen-bond donors (Lipinski definition) is 2. The van der Waals surface area contributed by atoms with Crippen LogP contribution in [-0.2, 0) is 28.9 Å². The lowest BCUT2D eigenvalue weighted by molar-refractivity contribution is -0.921. The van der Waals surface area contributed by atoms with Gasteiger partial charge in [0.15, 0.2) is 5.82 Å². The zero-order valence-corrected chi connectivity index (χ0v) is 16.9. The number of rotatable bonds is 4. The lowest BCUT2D eigenvalue weighted by Gasteiger charge is -2.28. The molecular formula is C20H28N3O3S+. The van der Waals surface area contributed by atoms with Gasteiger partial charge in [0.25, 0.3) is 5.56 Å². The first-order chi connectivity index (χ1) is 13.0. The Morgan fingerprint density at radius 1 is 1.41 bits per heavy atom. The van der Waals surface area contributed by atoms with Crippen molar-refractivity contribution in [3.05, 3.63) is 26.6 Å². The summed E-state index contributed by atoms with van der Waals surface area (Å²) in [6.45, 7) is 6.94. The average Bonchev–Trinajstić information content (AvgIpc) is 2.99. The van der Waals surface area contributed by atoms with Gasteiger partial charge in [-0.1, -0.05) is 6.92 Å². The van der Waals surface area contributed by atoms with Crippen molar-refractivity contribution in [1.82, 2.24) is 9.97 Å². The highest BCUT2D eigenvalue weighted by Crippen LogP contribution is 2.35. The summed E-state index contributed by atoms with van der Waals surface area (Å²) in [6.07, 6.45) is 5.08. The number of piperidine rings is 1. The number of esters is 1. The number of aryl methyl sites for hydroxylation is 1. The van der Waals surface area contributed by atoms with Crippen molar-refractivity contribution in [2.45, 2.75) is 52.5 Å². The molecule has 2 N–H and O–H groups in total. The first-order valence-electron chi connectivity index (χ1n) is 10.1. The van der Waals surface area contributed by atoms with Crippen LogP contribution in [0.2, 0.25) is 0 Å². The molecule has 0 bridgehead atoms. The molecule has 0 radical (unpaired) electrons. The lowest BCUT2D eigenvalue weighted by atomic mass is 9.89. The summed E-state index contributed by atoms with van der Waals surface area (Å²) in [4.78, 5) is 36.1. The molecule has 0 saturated carbocycles. The van der Waals surface area contributed by atoms with Gasteiger partial charge in [0.1, 0.15) is 17.3 Å². The molecule has 2 aromatic heterocycles. The summed E-state index contributed by atoms with van der Waals surface area (Å²) in [7, 11) is 0. The van der Waals surface area contributed by atoms with Crippen LogP contribution in [0.3, 0.4) is 0 Å². The fourth-order valence-corrected chi connectivity index (χ4v) is 5.89. The van der Waals surface area contributed by atoms with E-state index in [1.807, 2.05) is 6.92 Å². The van der Waals surface area contributed by atoms with Crippen molar-refractivity contribution in [3.8, 4) is 0 Å². The van der Waals surface area contributed by atoms with E-state index in [9.17, 15) is 9.59 Å². The standard InChI is InChI=1S/C20H27N3O3S/c1-3-26-20(25)13-5-4-8-23(10-13)11-16-21-18(24)17-14-7-6-12(2)9-15(14)27-19(17)22-16/h12-13H,3-11H2,1-2H3,(H,21,22,24)/p+1/t12-,13+/m1/s1. The van der Waals surface area contributed by atoms with Crippen molar-refractivity contribution in [2.75, 3.05) is 19.7 Å². The maximum Gasteiger partial charge on any atom is 0.314 e. The van der Waals surface area contributed by atoms with Crippen LogP contribution in [-0.4, -0.2) is 35.6 Å². The third-order valence-electron chi connectivity index (χ3n) is 5.87. The SMILES string of the molecule is CCOC(=O)[C@H]1CCC[NH+](Cc2nc3sc4c(c3c(=O)[nH]2)CC[C@@H](C)C4)C1. The van der Waals surface area contributed by atoms with Crippen molar-refractivity contribution >= 4 is 27.5 Å². The first-order valence-corrected chi connectivity index (χ1v) is 10.9. The number of quaternary nitrogens is 1. The molecule has 27 heavy (non-hydrogen) atoms. The third-order valence-corrected chi connectivity index (χ3v) is 7.02. The Bertz CT molecular complexity index is 904. The van der Waals surface area contributed by atoms with Gasteiger partial charge in [0, 0.05) is 4.88 Å². The Morgan fingerprint density at radius 2 is 2.26 bits per heavy atom. The van der Waals surface area contributed by atoms with E-state index in [0.29, 0.717) is 19.1 Å². The van der Waals surface area contributed by atoms with E-state index < -0.39 is 0 Å². The van der Waals surface area contributed by atoms with Gasteiger partial charge in [-0.25, -0.2) is 4.98 Å². The van der Waals surface area contributed by atoms with Crippen LogP contribution in [0.1, 0.15) is 49.4 Å². The molecule has 3 atom stereocenters. The second-order valence-corrected chi connectivity index (χ2v) is 9.10. The van der Waals surface area contributed by atoms with E-state index in [2.05, 4.69) is 11.9 Å². The molecule has 6 nitrogen and oxygen atoms in total. The maximum absolute atomic E-state index is 12.7. The minimum absolute atomic E-state index is 0.000375. The number of aromatic amines is 1. The molecule has 2 aliphatic rings. The van der Waals surface area contributed by atoms with Crippen LogP contribution in [0, 0.1) is 11.8 Å². The molecule has 7 heteroatoms. The van der Waals surface area contributed by atoms with E-state index in [-0.39, 0.29) is 17.4 Å². The van der Waals surface area contributed by atoms with Gasteiger partial charge in [-0.15, -0.1) is 11.3 Å². The normalized spacial score (nSPS) is 25.3. The summed E-state index contributed by atoms with van der Waals surface area (Å²) in [5.41, 5.74) is 1.22. The monoisotopic (exact) mass is 390 g/mol. The predicted octanol–water partition coefficient (Wildman–Crippen LogP) is 1.47. The second-order valence-electron chi connectivity index (χ2n) is 8.02. The van der Waals surface area contributed by atoms with Crippen LogP contribution >= 0.6 is 11.3 Å². The minimum atomic E-state index is -0.0911. The molecule has 3 heterocycles. The lowest BCUT2D eigenvalue weighted by Crippen LogP contribution is -3.12. The number of aromatic nitrogens is 2. The number of nitrogens with one attached hydrogen (secondary N) is 2. The van der Waals surface area contributed by atoms with Crippen molar-refractivity contribution in [1.29, 1.82) is 0 Å². The Balaban J connectivity index is 1.54. The van der Waals surface area contributed by atoms with E-state index in [4.69, 9.17) is 9.72 Å². The smallest absolute Gasteiger partial charge is 0.314 e. The topological polar surface area (TPSA) is 76.5 Å². The van der Waals surface area contributed by atoms with Crippen LogP contribution in [0.15, 0.2) is 4.79 Å². The number of fused-ring (bicyclic) bond motifs is 3. The van der Waals surface area contributed by atoms with Gasteiger partial charge in [0.05, 0.1) is 25.1 Å². The summed E-state index contributed by atoms with van der Waals surface area (Å²) in [5.74, 6) is 1.28. The second kappa shape index (κ2) is 7.72. The molecule has 0 amide bonds. The molecule has 0 aromatic carbocycles. The highest BCUT2D eigenvalue weighted by atomic mass is 32.1. The Labute approximate surface area is 162 Å². The number of carbonyl (C=O) groups is 1. The Morgan fingerprint density at radius 3 is 3.07 bits per heavy atom. The summed E-state index contributed by atoms with van der Waals surface area (Å²) in [5, 5.41) is 0.809. The molecule has 1 unspecified atom stereocenters. The molecular weight excluding hydrogens is 362 g/mol. The first kappa shape index (κ1) is 18.6. The average molecular weight is 391 g/mol. The van der Waals surface area contributed by atoms with Gasteiger partial charge in [-0.05, 0) is 50.5 Å². The molecule has 2 aromatic rings. The molecule has 4 rings (SSSR count). The molecule has 1 saturated heterocycles. The van der Waals surface area contributed by atoms with Crippen LogP contribution < -0.4 is 10.5 Å². The largest absolute Gasteiger partial charge is 0.466 e. The van der Waals surface area contributed by atoms with E-state index in [1.54, 1.807) is 11.3 Å². The fourth-order valence-electron chi connectivity index (χ4n) is 4.49. The third kappa shape index (κ3) is 3.80. The predicted molar refractivity (Wildman–Crippen MR) is 105 cm³/mol. The van der Waals surface area contributed by atoms with Gasteiger partial charge in [0.2, 0.25) is 0 Å². The number of hydrogen-bond acceptors (Lipinski definition) is 5. The van der Waals surface area contributed by atoms with Crippen LogP contribution in [0.4, 0.5) is 0 Å². The molecule has 1 aliphatic carbocycles. The van der Waals surface area contributed by atoms with Gasteiger partial charge in [-0.3, -0.25) is 9.59 Å². The quantitative estimate of drug-likeness (QED) is 0.775. The number of nitrogens with zero attached hydrogens (tertiary/aromatic N) is 1. The van der Waals surface area contributed by atoms with Crippen LogP contribution in [0.25, 0.3) is 10.2 Å². The zero-order chi connectivity index (χ0) is 19.0. The van der Waals surface area contributed by atoms with Crippen molar-refractivity contribution in [2.24, 2.45) is 11.8 Å². The zero-order valence-electron chi connectivity index (χ0n) is 16.1. The Kier molecular flexibility index (Phi) is 5.32. The van der Waals surface area contributed by atoms with Gasteiger partial charge < -0.3 is 14.6 Å². The number of ether oxygens (including phenoxy) is 1. The summed E-state index contributed by atoms with van der Waals surface area (Å²) >= 11 is 1.69. The Hall–Kier alpha value is -1.73. The van der Waals surface area contributed by atoms with Gasteiger partial charge in [-0.2, -0.15) is 0 Å². The highest BCUT2D eigenvalue weighted by Gasteiger charge is 2.30. The molecule has 0 spiro atoms. The number of likely N-dealkylation sites (tertiary alicyclic amines) is 1. The molecule has 146 valence electrons. The van der Waals surface area contributed by atoms with E-state index in [1.165, 1.54) is 15.3 Å². The van der Waals surface area contributed by atoms with Crippen molar-refractivity contribution in [3.63, 3.8) is 0 Å². The van der Waals surface area contributed by atoms with Crippen molar-refractivity contribution < 1.29 is 14.4 Å². The molecule has 1 fully saturated rings. The maximum atomic E-state index is 12.7. The number of H-pyrrole nitrogens is 1. The number of thiophene rings is 1. The summed E-state index contributed by atoms with van der Waals surface area (Å²) < 4.78 is 5.19.